The lowest BCUT2D eigenvalue weighted by atomic mass is 10.1. The van der Waals surface area contributed by atoms with Crippen molar-refractivity contribution in [3.8, 4) is 11.5 Å². The average molecular weight is 500 g/mol. The second-order valence-corrected chi connectivity index (χ2v) is 8.52. The van der Waals surface area contributed by atoms with Gasteiger partial charge in [-0.05, 0) is 36.4 Å². The smallest absolute Gasteiger partial charge is 0.243 e. The van der Waals surface area contributed by atoms with Crippen molar-refractivity contribution in [2.75, 3.05) is 24.0 Å². The lowest BCUT2D eigenvalue weighted by Crippen LogP contribution is -2.36. The summed E-state index contributed by atoms with van der Waals surface area (Å²) >= 11 is 12.4. The maximum absolute atomic E-state index is 12.7. The van der Waals surface area contributed by atoms with Crippen LogP contribution in [0.4, 0.5) is 11.4 Å². The number of halogens is 2. The molecule has 1 fully saturated rings. The minimum Gasteiger partial charge on any atom is -0.493 e. The molecule has 4 rings (SSSR count). The van der Waals surface area contributed by atoms with Crippen LogP contribution in [-0.2, 0) is 16.2 Å². The third-order valence-electron chi connectivity index (χ3n) is 5.49. The van der Waals surface area contributed by atoms with Crippen LogP contribution in [0.2, 0.25) is 10.0 Å². The topological polar surface area (TPSA) is 79.9 Å². The van der Waals surface area contributed by atoms with Gasteiger partial charge in [0, 0.05) is 40.3 Å². The van der Waals surface area contributed by atoms with Gasteiger partial charge in [0.05, 0.1) is 18.7 Å². The van der Waals surface area contributed by atoms with E-state index in [4.69, 9.17) is 32.7 Å². The minimum absolute atomic E-state index is 0.0758. The molecule has 3 aromatic carbocycles. The first-order valence-electron chi connectivity index (χ1n) is 10.6. The van der Waals surface area contributed by atoms with Crippen molar-refractivity contribution < 1.29 is 19.1 Å². The minimum atomic E-state index is -0.454. The molecular weight excluding hydrogens is 477 g/mol. The van der Waals surface area contributed by atoms with Crippen molar-refractivity contribution >= 4 is 46.4 Å². The summed E-state index contributed by atoms with van der Waals surface area (Å²) in [5.41, 5.74) is 7.62. The summed E-state index contributed by atoms with van der Waals surface area (Å²) in [7, 11) is 1.52. The van der Waals surface area contributed by atoms with Gasteiger partial charge in [-0.2, -0.15) is 0 Å². The highest BCUT2D eigenvalue weighted by Gasteiger charge is 2.35. The SMILES string of the molecule is COc1cc(NNC(=O)[C@@H]2CC(=O)N(c3ccccc3)C2)ccc1OCc1c(Cl)cccc1Cl. The summed E-state index contributed by atoms with van der Waals surface area (Å²) in [6.07, 6.45) is 0.156. The molecule has 0 saturated carbocycles. The molecule has 0 aliphatic carbocycles. The quantitative estimate of drug-likeness (QED) is 0.422. The van der Waals surface area contributed by atoms with Gasteiger partial charge in [-0.3, -0.25) is 20.4 Å². The number of amides is 2. The van der Waals surface area contributed by atoms with Crippen LogP contribution >= 0.6 is 23.2 Å². The van der Waals surface area contributed by atoms with E-state index >= 15 is 0 Å². The average Bonchev–Trinajstić information content (AvgIpc) is 3.24. The van der Waals surface area contributed by atoms with E-state index in [2.05, 4.69) is 10.9 Å². The van der Waals surface area contributed by atoms with E-state index in [9.17, 15) is 9.59 Å². The predicted molar refractivity (Wildman–Crippen MR) is 132 cm³/mol. The Kier molecular flexibility index (Phi) is 7.45. The number of ether oxygens (including phenoxy) is 2. The molecule has 1 heterocycles. The van der Waals surface area contributed by atoms with E-state index in [0.29, 0.717) is 39.3 Å². The number of benzene rings is 3. The van der Waals surface area contributed by atoms with Gasteiger partial charge in [-0.15, -0.1) is 0 Å². The molecule has 0 bridgehead atoms. The molecule has 3 aromatic rings. The van der Waals surface area contributed by atoms with Gasteiger partial charge in [0.1, 0.15) is 6.61 Å². The van der Waals surface area contributed by atoms with E-state index in [1.54, 1.807) is 41.3 Å². The zero-order chi connectivity index (χ0) is 24.1. The summed E-state index contributed by atoms with van der Waals surface area (Å²) in [5.74, 6) is 0.168. The molecule has 0 radical (unpaired) electrons. The molecule has 0 spiro atoms. The fourth-order valence-corrected chi connectivity index (χ4v) is 4.17. The summed E-state index contributed by atoms with van der Waals surface area (Å²) in [4.78, 5) is 26.7. The lowest BCUT2D eigenvalue weighted by molar-refractivity contribution is -0.125. The molecule has 0 aromatic heterocycles. The Morgan fingerprint density at radius 3 is 2.47 bits per heavy atom. The third-order valence-corrected chi connectivity index (χ3v) is 6.20. The Balaban J connectivity index is 1.35. The Morgan fingerprint density at radius 1 is 1.03 bits per heavy atom. The first-order chi connectivity index (χ1) is 16.5. The standard InChI is InChI=1S/C25H23Cl2N3O4/c1-33-23-13-17(10-11-22(23)34-15-19-20(26)8-5-9-21(19)27)28-29-25(32)16-12-24(31)30(14-16)18-6-3-2-4-7-18/h2-11,13,16,28H,12,14-15H2,1H3,(H,29,32)/t16-/m1/s1. The van der Waals surface area contributed by atoms with Gasteiger partial charge in [-0.25, -0.2) is 0 Å². The maximum atomic E-state index is 12.7. The van der Waals surface area contributed by atoms with Crippen molar-refractivity contribution in [3.05, 3.63) is 82.3 Å². The van der Waals surface area contributed by atoms with Crippen molar-refractivity contribution in [3.63, 3.8) is 0 Å². The summed E-state index contributed by atoms with van der Waals surface area (Å²) < 4.78 is 11.3. The molecular formula is C25H23Cl2N3O4. The molecule has 2 amide bonds. The van der Waals surface area contributed by atoms with Crippen LogP contribution in [0.5, 0.6) is 11.5 Å². The lowest BCUT2D eigenvalue weighted by Gasteiger charge is -2.17. The van der Waals surface area contributed by atoms with E-state index < -0.39 is 5.92 Å². The van der Waals surface area contributed by atoms with Gasteiger partial charge >= 0.3 is 0 Å². The fourth-order valence-electron chi connectivity index (χ4n) is 3.66. The highest BCUT2D eigenvalue weighted by Crippen LogP contribution is 2.33. The van der Waals surface area contributed by atoms with Gasteiger partial charge in [-0.1, -0.05) is 47.5 Å². The first kappa shape index (κ1) is 23.7. The number of hydrazine groups is 1. The second kappa shape index (κ2) is 10.7. The normalized spacial score (nSPS) is 15.2. The van der Waals surface area contributed by atoms with Crippen molar-refractivity contribution in [2.24, 2.45) is 5.92 Å². The number of hydrogen-bond acceptors (Lipinski definition) is 5. The van der Waals surface area contributed by atoms with Crippen LogP contribution in [0, 0.1) is 5.92 Å². The van der Waals surface area contributed by atoms with E-state index in [-0.39, 0.29) is 24.8 Å². The van der Waals surface area contributed by atoms with Gasteiger partial charge in [0.2, 0.25) is 11.8 Å². The van der Waals surface area contributed by atoms with Crippen LogP contribution in [0.1, 0.15) is 12.0 Å². The molecule has 1 aliphatic rings. The molecule has 2 N–H and O–H groups in total. The van der Waals surface area contributed by atoms with Gasteiger partial charge in [0.25, 0.3) is 0 Å². The summed E-state index contributed by atoms with van der Waals surface area (Å²) in [5, 5.41) is 1.03. The number of rotatable bonds is 8. The van der Waals surface area contributed by atoms with Crippen LogP contribution in [-0.4, -0.2) is 25.5 Å². The molecule has 34 heavy (non-hydrogen) atoms. The van der Waals surface area contributed by atoms with Crippen LogP contribution < -0.4 is 25.2 Å². The summed E-state index contributed by atoms with van der Waals surface area (Å²) in [6, 6.07) is 19.7. The van der Waals surface area contributed by atoms with Gasteiger partial charge in [0.15, 0.2) is 11.5 Å². The monoisotopic (exact) mass is 499 g/mol. The second-order valence-electron chi connectivity index (χ2n) is 7.71. The Hall–Kier alpha value is -3.42. The van der Waals surface area contributed by atoms with Crippen LogP contribution in [0.15, 0.2) is 66.7 Å². The van der Waals surface area contributed by atoms with Crippen molar-refractivity contribution in [2.45, 2.75) is 13.0 Å². The molecule has 176 valence electrons. The molecule has 7 nitrogen and oxygen atoms in total. The van der Waals surface area contributed by atoms with Crippen molar-refractivity contribution in [1.82, 2.24) is 5.43 Å². The van der Waals surface area contributed by atoms with Crippen LogP contribution in [0.3, 0.4) is 0 Å². The number of carbonyl (C=O) groups is 2. The Labute approximate surface area is 207 Å². The van der Waals surface area contributed by atoms with E-state index in [1.807, 2.05) is 30.3 Å². The van der Waals surface area contributed by atoms with E-state index in [0.717, 1.165) is 5.69 Å². The van der Waals surface area contributed by atoms with E-state index in [1.165, 1.54) is 7.11 Å². The molecule has 1 aliphatic heterocycles. The predicted octanol–water partition coefficient (Wildman–Crippen LogP) is 5.08. The maximum Gasteiger partial charge on any atom is 0.243 e. The zero-order valence-electron chi connectivity index (χ0n) is 18.4. The highest BCUT2D eigenvalue weighted by atomic mass is 35.5. The number of carbonyl (C=O) groups excluding carboxylic acids is 2. The molecule has 1 atom stereocenters. The fraction of sp³-hybridized carbons (Fsp3) is 0.200. The number of nitrogens with zero attached hydrogens (tertiary/aromatic N) is 1. The number of nitrogens with one attached hydrogen (secondary N) is 2. The van der Waals surface area contributed by atoms with Crippen molar-refractivity contribution in [1.29, 1.82) is 0 Å². The third kappa shape index (κ3) is 5.38. The highest BCUT2D eigenvalue weighted by molar-refractivity contribution is 6.35. The first-order valence-corrected chi connectivity index (χ1v) is 11.4. The number of methoxy groups -OCH3 is 1. The zero-order valence-corrected chi connectivity index (χ0v) is 19.9. The Morgan fingerprint density at radius 2 is 1.76 bits per heavy atom. The number of hydrogen-bond donors (Lipinski definition) is 2. The number of para-hydroxylation sites is 1. The Bertz CT molecular complexity index is 1170. The summed E-state index contributed by atoms with van der Waals surface area (Å²) in [6.45, 7) is 0.503. The molecule has 0 unspecified atom stereocenters. The number of anilines is 2. The van der Waals surface area contributed by atoms with Crippen LogP contribution in [0.25, 0.3) is 0 Å². The van der Waals surface area contributed by atoms with Gasteiger partial charge < -0.3 is 14.4 Å². The molecule has 9 heteroatoms. The largest absolute Gasteiger partial charge is 0.493 e. The molecule has 1 saturated heterocycles.